The summed E-state index contributed by atoms with van der Waals surface area (Å²) in [6.07, 6.45) is 6.18. The maximum Gasteiger partial charge on any atom is 0.275 e. The number of nitrogens with one attached hydrogen (secondary N) is 1. The van der Waals surface area contributed by atoms with Crippen molar-refractivity contribution in [2.75, 3.05) is 23.8 Å². The molecule has 3 rings (SSSR count). The lowest BCUT2D eigenvalue weighted by atomic mass is 10.2. The normalized spacial score (nSPS) is 10.5. The first kappa shape index (κ1) is 16.6. The van der Waals surface area contributed by atoms with Crippen LogP contribution in [0, 0.1) is 6.92 Å². The molecule has 0 aliphatic heterocycles. The molecule has 128 valence electrons. The van der Waals surface area contributed by atoms with E-state index in [1.807, 2.05) is 25.2 Å². The van der Waals surface area contributed by atoms with Gasteiger partial charge in [-0.25, -0.2) is 4.98 Å². The van der Waals surface area contributed by atoms with Crippen molar-refractivity contribution < 1.29 is 9.32 Å². The molecule has 3 aromatic rings. The van der Waals surface area contributed by atoms with Gasteiger partial charge >= 0.3 is 0 Å². The van der Waals surface area contributed by atoms with Crippen molar-refractivity contribution >= 4 is 17.4 Å². The zero-order valence-electron chi connectivity index (χ0n) is 14.1. The third-order valence-corrected chi connectivity index (χ3v) is 3.78. The van der Waals surface area contributed by atoms with Crippen molar-refractivity contribution in [2.45, 2.75) is 13.3 Å². The molecule has 7 nitrogen and oxygen atoms in total. The minimum Gasteiger partial charge on any atom is -0.373 e. The Labute approximate surface area is 145 Å². The van der Waals surface area contributed by atoms with Gasteiger partial charge in [0.05, 0.1) is 11.9 Å². The summed E-state index contributed by atoms with van der Waals surface area (Å²) in [7, 11) is 2.00. The molecule has 0 aliphatic rings. The van der Waals surface area contributed by atoms with Gasteiger partial charge in [-0.15, -0.1) is 0 Å². The number of pyridine rings is 2. The lowest BCUT2D eigenvalue weighted by molar-refractivity contribution is 0.102. The summed E-state index contributed by atoms with van der Waals surface area (Å²) in [5.41, 5.74) is 2.50. The molecule has 0 bridgehead atoms. The fourth-order valence-electron chi connectivity index (χ4n) is 2.33. The zero-order chi connectivity index (χ0) is 17.6. The molecule has 3 aromatic heterocycles. The van der Waals surface area contributed by atoms with Gasteiger partial charge in [0.25, 0.3) is 5.91 Å². The van der Waals surface area contributed by atoms with Crippen molar-refractivity contribution in [1.29, 1.82) is 0 Å². The Morgan fingerprint density at radius 3 is 2.68 bits per heavy atom. The van der Waals surface area contributed by atoms with Crippen LogP contribution in [-0.4, -0.2) is 34.6 Å². The average molecular weight is 337 g/mol. The van der Waals surface area contributed by atoms with Crippen LogP contribution in [0.5, 0.6) is 0 Å². The fraction of sp³-hybridized carbons (Fsp3) is 0.222. The topological polar surface area (TPSA) is 84.2 Å². The molecule has 3 heterocycles. The minimum atomic E-state index is -0.320. The standard InChI is InChI=1S/C18H19N5O2/c1-13-11-17(22-25-13)21-18(24)16-4-3-15(12-20-16)23(2)10-7-14-5-8-19-9-6-14/h3-6,8-9,11-12H,7,10H2,1-2H3,(H,21,22,24). The van der Waals surface area contributed by atoms with Crippen LogP contribution in [0.3, 0.4) is 0 Å². The number of nitrogens with zero attached hydrogens (tertiary/aromatic N) is 4. The molecule has 0 saturated heterocycles. The Morgan fingerprint density at radius 1 is 1.24 bits per heavy atom. The molecule has 0 unspecified atom stereocenters. The number of likely N-dealkylation sites (N-methyl/N-ethyl adjacent to an activating group) is 1. The van der Waals surface area contributed by atoms with E-state index in [0.29, 0.717) is 17.3 Å². The van der Waals surface area contributed by atoms with Crippen LogP contribution in [0.1, 0.15) is 21.8 Å². The number of hydrogen-bond donors (Lipinski definition) is 1. The molecule has 0 saturated carbocycles. The number of aromatic nitrogens is 3. The van der Waals surface area contributed by atoms with E-state index in [-0.39, 0.29) is 5.91 Å². The van der Waals surface area contributed by atoms with Gasteiger partial charge in [0.2, 0.25) is 0 Å². The van der Waals surface area contributed by atoms with Gasteiger partial charge in [-0.1, -0.05) is 5.16 Å². The van der Waals surface area contributed by atoms with Crippen LogP contribution >= 0.6 is 0 Å². The molecular weight excluding hydrogens is 318 g/mol. The third kappa shape index (κ3) is 4.41. The lowest BCUT2D eigenvalue weighted by Gasteiger charge is -2.19. The average Bonchev–Trinajstić information content (AvgIpc) is 3.05. The molecule has 0 spiro atoms. The fourth-order valence-corrected chi connectivity index (χ4v) is 2.33. The largest absolute Gasteiger partial charge is 0.373 e. The molecule has 0 aliphatic carbocycles. The van der Waals surface area contributed by atoms with Crippen LogP contribution in [0.2, 0.25) is 0 Å². The predicted molar refractivity (Wildman–Crippen MR) is 94.6 cm³/mol. The number of amides is 1. The van der Waals surface area contributed by atoms with E-state index in [0.717, 1.165) is 18.7 Å². The van der Waals surface area contributed by atoms with Crippen molar-refractivity contribution in [1.82, 2.24) is 15.1 Å². The number of carbonyl (C=O) groups excluding carboxylic acids is 1. The van der Waals surface area contributed by atoms with Crippen LogP contribution in [0.25, 0.3) is 0 Å². The molecule has 0 fully saturated rings. The molecule has 7 heteroatoms. The first-order valence-corrected chi connectivity index (χ1v) is 7.92. The maximum absolute atomic E-state index is 12.1. The van der Waals surface area contributed by atoms with Crippen molar-refractivity contribution in [2.24, 2.45) is 0 Å². The van der Waals surface area contributed by atoms with Gasteiger partial charge in [0, 0.05) is 32.1 Å². The van der Waals surface area contributed by atoms with Gasteiger partial charge < -0.3 is 14.7 Å². The molecule has 1 amide bonds. The second-order valence-corrected chi connectivity index (χ2v) is 5.71. The summed E-state index contributed by atoms with van der Waals surface area (Å²) in [4.78, 5) is 22.5. The first-order valence-electron chi connectivity index (χ1n) is 7.92. The van der Waals surface area contributed by atoms with Crippen LogP contribution in [0.4, 0.5) is 11.5 Å². The SMILES string of the molecule is Cc1cc(NC(=O)c2ccc(N(C)CCc3ccncc3)cn2)no1. The summed E-state index contributed by atoms with van der Waals surface area (Å²) >= 11 is 0. The number of carbonyl (C=O) groups is 1. The number of rotatable bonds is 6. The number of anilines is 2. The lowest BCUT2D eigenvalue weighted by Crippen LogP contribution is -2.21. The van der Waals surface area contributed by atoms with E-state index < -0.39 is 0 Å². The van der Waals surface area contributed by atoms with Gasteiger partial charge in [-0.3, -0.25) is 9.78 Å². The number of aryl methyl sites for hydroxylation is 1. The maximum atomic E-state index is 12.1. The summed E-state index contributed by atoms with van der Waals surface area (Å²) < 4.78 is 4.92. The summed E-state index contributed by atoms with van der Waals surface area (Å²) in [5, 5.41) is 6.38. The van der Waals surface area contributed by atoms with Crippen molar-refractivity contribution in [3.63, 3.8) is 0 Å². The van der Waals surface area contributed by atoms with E-state index in [1.54, 1.807) is 37.6 Å². The molecule has 25 heavy (non-hydrogen) atoms. The highest BCUT2D eigenvalue weighted by molar-refractivity contribution is 6.02. The van der Waals surface area contributed by atoms with Crippen molar-refractivity contribution in [3.05, 3.63) is 65.9 Å². The van der Waals surface area contributed by atoms with Gasteiger partial charge in [-0.2, -0.15) is 0 Å². The Balaban J connectivity index is 1.58. The Kier molecular flexibility index (Phi) is 5.03. The Morgan fingerprint density at radius 2 is 2.04 bits per heavy atom. The second kappa shape index (κ2) is 7.57. The Hall–Kier alpha value is -3.22. The van der Waals surface area contributed by atoms with E-state index in [2.05, 4.69) is 25.3 Å². The van der Waals surface area contributed by atoms with Crippen LogP contribution < -0.4 is 10.2 Å². The van der Waals surface area contributed by atoms with Crippen LogP contribution in [0.15, 0.2) is 53.4 Å². The van der Waals surface area contributed by atoms with E-state index in [4.69, 9.17) is 4.52 Å². The van der Waals surface area contributed by atoms with E-state index in [9.17, 15) is 4.79 Å². The summed E-state index contributed by atoms with van der Waals surface area (Å²) in [6, 6.07) is 9.23. The highest BCUT2D eigenvalue weighted by Crippen LogP contribution is 2.14. The van der Waals surface area contributed by atoms with E-state index >= 15 is 0 Å². The predicted octanol–water partition coefficient (Wildman–Crippen LogP) is 2.70. The molecular formula is C18H19N5O2. The highest BCUT2D eigenvalue weighted by Gasteiger charge is 2.11. The molecule has 1 N–H and O–H groups in total. The highest BCUT2D eigenvalue weighted by atomic mass is 16.5. The summed E-state index contributed by atoms with van der Waals surface area (Å²) in [5.74, 6) is 0.691. The number of hydrogen-bond acceptors (Lipinski definition) is 6. The molecule has 0 radical (unpaired) electrons. The van der Waals surface area contributed by atoms with Gasteiger partial charge in [0.1, 0.15) is 11.5 Å². The minimum absolute atomic E-state index is 0.320. The molecule has 0 atom stereocenters. The second-order valence-electron chi connectivity index (χ2n) is 5.71. The smallest absolute Gasteiger partial charge is 0.275 e. The van der Waals surface area contributed by atoms with E-state index in [1.165, 1.54) is 5.56 Å². The first-order chi connectivity index (χ1) is 12.1. The van der Waals surface area contributed by atoms with Gasteiger partial charge in [-0.05, 0) is 43.2 Å². The molecule has 0 aromatic carbocycles. The third-order valence-electron chi connectivity index (χ3n) is 3.78. The van der Waals surface area contributed by atoms with Crippen LogP contribution in [-0.2, 0) is 6.42 Å². The van der Waals surface area contributed by atoms with Crippen molar-refractivity contribution in [3.8, 4) is 0 Å². The zero-order valence-corrected chi connectivity index (χ0v) is 14.1. The van der Waals surface area contributed by atoms with Gasteiger partial charge in [0.15, 0.2) is 5.82 Å². The monoisotopic (exact) mass is 337 g/mol. The summed E-state index contributed by atoms with van der Waals surface area (Å²) in [6.45, 7) is 2.60. The quantitative estimate of drug-likeness (QED) is 0.744. The Bertz CT molecular complexity index is 830.